The van der Waals surface area contributed by atoms with Crippen LogP contribution in [0, 0.1) is 23.2 Å². The number of carbonyl (C=O) groups excluding carboxylic acids is 2. The Bertz CT molecular complexity index is 935. The van der Waals surface area contributed by atoms with E-state index in [2.05, 4.69) is 16.0 Å². The summed E-state index contributed by atoms with van der Waals surface area (Å²) in [6, 6.07) is 17.7. The van der Waals surface area contributed by atoms with Gasteiger partial charge in [0.05, 0.1) is 0 Å². The Balaban J connectivity index is 1.05. The third-order valence-electron chi connectivity index (χ3n) is 7.93. The monoisotopic (exact) mass is 445 g/mol. The van der Waals surface area contributed by atoms with Crippen molar-refractivity contribution in [3.05, 3.63) is 65.7 Å². The van der Waals surface area contributed by atoms with Crippen molar-refractivity contribution < 1.29 is 9.59 Å². The van der Waals surface area contributed by atoms with Crippen LogP contribution in [0.5, 0.6) is 0 Å². The first-order valence-electron chi connectivity index (χ1n) is 12.5. The molecule has 4 aliphatic carbocycles. The SMILES string of the molecule is O=C(NCCCNc1ccccc1)c1ccc(CNC(=O)C23CC4CC(CC(C4)C2)C3)cc1. The highest BCUT2D eigenvalue weighted by Crippen LogP contribution is 2.60. The number of amides is 2. The molecule has 5 heteroatoms. The average molecular weight is 446 g/mol. The largest absolute Gasteiger partial charge is 0.385 e. The molecular weight excluding hydrogens is 410 g/mol. The number of carbonyl (C=O) groups is 2. The van der Waals surface area contributed by atoms with Crippen LogP contribution in [0.4, 0.5) is 5.69 Å². The van der Waals surface area contributed by atoms with Crippen molar-refractivity contribution in [3.8, 4) is 0 Å². The van der Waals surface area contributed by atoms with Gasteiger partial charge in [0, 0.05) is 36.3 Å². The number of nitrogens with one attached hydrogen (secondary N) is 3. The second-order valence-corrected chi connectivity index (χ2v) is 10.5. The Morgan fingerprint density at radius 2 is 1.42 bits per heavy atom. The Kier molecular flexibility index (Phi) is 6.39. The highest BCUT2D eigenvalue weighted by Gasteiger charge is 2.54. The van der Waals surface area contributed by atoms with Gasteiger partial charge in [0.15, 0.2) is 0 Å². The van der Waals surface area contributed by atoms with E-state index in [0.29, 0.717) is 18.7 Å². The molecule has 4 bridgehead atoms. The van der Waals surface area contributed by atoms with E-state index in [4.69, 9.17) is 0 Å². The lowest BCUT2D eigenvalue weighted by Gasteiger charge is -2.55. The molecule has 33 heavy (non-hydrogen) atoms. The minimum Gasteiger partial charge on any atom is -0.385 e. The summed E-state index contributed by atoms with van der Waals surface area (Å²) in [5, 5.41) is 9.54. The van der Waals surface area contributed by atoms with Crippen molar-refractivity contribution >= 4 is 17.5 Å². The van der Waals surface area contributed by atoms with Crippen LogP contribution in [0.1, 0.15) is 60.9 Å². The maximum atomic E-state index is 13.1. The quantitative estimate of drug-likeness (QED) is 0.488. The van der Waals surface area contributed by atoms with Crippen molar-refractivity contribution in [1.82, 2.24) is 10.6 Å². The molecule has 0 aliphatic heterocycles. The molecule has 6 rings (SSSR count). The van der Waals surface area contributed by atoms with Crippen LogP contribution in [0.15, 0.2) is 54.6 Å². The van der Waals surface area contributed by atoms with E-state index >= 15 is 0 Å². The van der Waals surface area contributed by atoms with Crippen molar-refractivity contribution in [1.29, 1.82) is 0 Å². The smallest absolute Gasteiger partial charge is 0.251 e. The van der Waals surface area contributed by atoms with E-state index in [1.54, 1.807) is 0 Å². The average Bonchev–Trinajstić information content (AvgIpc) is 2.82. The van der Waals surface area contributed by atoms with Gasteiger partial charge in [-0.15, -0.1) is 0 Å². The molecule has 0 atom stereocenters. The van der Waals surface area contributed by atoms with Gasteiger partial charge in [-0.25, -0.2) is 0 Å². The van der Waals surface area contributed by atoms with Gasteiger partial charge in [-0.05, 0) is 92.5 Å². The Morgan fingerprint density at radius 1 is 0.788 bits per heavy atom. The highest BCUT2D eigenvalue weighted by molar-refractivity contribution is 5.94. The summed E-state index contributed by atoms with van der Waals surface area (Å²) in [5.41, 5.74) is 2.68. The summed E-state index contributed by atoms with van der Waals surface area (Å²) in [7, 11) is 0. The minimum absolute atomic E-state index is 0.0566. The zero-order valence-electron chi connectivity index (χ0n) is 19.3. The molecule has 174 valence electrons. The first-order valence-corrected chi connectivity index (χ1v) is 12.5. The fraction of sp³-hybridized carbons (Fsp3) is 0.500. The van der Waals surface area contributed by atoms with Crippen LogP contribution in [0.25, 0.3) is 0 Å². The summed E-state index contributed by atoms with van der Waals surface area (Å²) in [6.07, 6.45) is 8.16. The van der Waals surface area contributed by atoms with E-state index in [0.717, 1.165) is 61.2 Å². The third-order valence-corrected chi connectivity index (χ3v) is 7.93. The molecule has 4 aliphatic rings. The normalized spacial score (nSPS) is 27.2. The van der Waals surface area contributed by atoms with Crippen LogP contribution in [-0.2, 0) is 11.3 Å². The number of hydrogen-bond acceptors (Lipinski definition) is 3. The lowest BCUT2D eigenvalue weighted by atomic mass is 9.49. The van der Waals surface area contributed by atoms with Gasteiger partial charge >= 0.3 is 0 Å². The van der Waals surface area contributed by atoms with E-state index in [9.17, 15) is 9.59 Å². The zero-order valence-corrected chi connectivity index (χ0v) is 19.3. The van der Waals surface area contributed by atoms with Gasteiger partial charge in [0.2, 0.25) is 5.91 Å². The molecule has 4 saturated carbocycles. The lowest BCUT2D eigenvalue weighted by Crippen LogP contribution is -2.53. The van der Waals surface area contributed by atoms with E-state index < -0.39 is 0 Å². The van der Waals surface area contributed by atoms with Crippen LogP contribution in [0.2, 0.25) is 0 Å². The first kappa shape index (κ1) is 22.0. The Hall–Kier alpha value is -2.82. The van der Waals surface area contributed by atoms with Crippen LogP contribution in [-0.4, -0.2) is 24.9 Å². The molecule has 0 unspecified atom stereocenters. The first-order chi connectivity index (χ1) is 16.1. The second-order valence-electron chi connectivity index (χ2n) is 10.5. The fourth-order valence-corrected chi connectivity index (χ4v) is 6.71. The zero-order chi connectivity index (χ0) is 22.7. The summed E-state index contributed by atoms with van der Waals surface area (Å²) in [4.78, 5) is 25.5. The van der Waals surface area contributed by atoms with Gasteiger partial charge < -0.3 is 16.0 Å². The highest BCUT2D eigenvalue weighted by atomic mass is 16.2. The summed E-state index contributed by atoms with van der Waals surface area (Å²) >= 11 is 0. The lowest BCUT2D eigenvalue weighted by molar-refractivity contribution is -0.146. The molecule has 0 radical (unpaired) electrons. The number of benzene rings is 2. The Labute approximate surface area is 196 Å². The van der Waals surface area contributed by atoms with Crippen molar-refractivity contribution in [2.24, 2.45) is 23.2 Å². The van der Waals surface area contributed by atoms with Crippen molar-refractivity contribution in [3.63, 3.8) is 0 Å². The molecule has 2 aromatic carbocycles. The molecular formula is C28H35N3O2. The number of para-hydroxylation sites is 1. The standard InChI is InChI=1S/C28H35N3O2/c32-26(30-12-4-11-29-25-5-2-1-3-6-25)24-9-7-20(8-10-24)19-31-27(33)28-16-21-13-22(17-28)15-23(14-21)18-28/h1-3,5-10,21-23,29H,4,11-19H2,(H,30,32)(H,31,33). The predicted molar refractivity (Wildman–Crippen MR) is 131 cm³/mol. The molecule has 0 aromatic heterocycles. The Morgan fingerprint density at radius 3 is 2.06 bits per heavy atom. The molecule has 5 nitrogen and oxygen atoms in total. The van der Waals surface area contributed by atoms with E-state index in [1.807, 2.05) is 54.6 Å². The van der Waals surface area contributed by atoms with Crippen molar-refractivity contribution in [2.45, 2.75) is 51.5 Å². The van der Waals surface area contributed by atoms with Gasteiger partial charge in [-0.2, -0.15) is 0 Å². The topological polar surface area (TPSA) is 70.2 Å². The summed E-state index contributed by atoms with van der Waals surface area (Å²) < 4.78 is 0. The van der Waals surface area contributed by atoms with Gasteiger partial charge in [-0.3, -0.25) is 9.59 Å². The van der Waals surface area contributed by atoms with Gasteiger partial charge in [0.25, 0.3) is 5.91 Å². The van der Waals surface area contributed by atoms with Crippen LogP contribution in [0.3, 0.4) is 0 Å². The minimum atomic E-state index is -0.107. The molecule has 0 spiro atoms. The maximum Gasteiger partial charge on any atom is 0.251 e. The van der Waals surface area contributed by atoms with E-state index in [1.165, 1.54) is 19.3 Å². The molecule has 4 fully saturated rings. The predicted octanol–water partition coefficient (Wildman–Crippen LogP) is 4.75. The number of hydrogen-bond donors (Lipinski definition) is 3. The number of anilines is 1. The second kappa shape index (κ2) is 9.58. The molecule has 0 saturated heterocycles. The van der Waals surface area contributed by atoms with E-state index in [-0.39, 0.29) is 17.2 Å². The molecule has 3 N–H and O–H groups in total. The van der Waals surface area contributed by atoms with Gasteiger partial charge in [0.1, 0.15) is 0 Å². The van der Waals surface area contributed by atoms with Crippen LogP contribution >= 0.6 is 0 Å². The van der Waals surface area contributed by atoms with Gasteiger partial charge in [-0.1, -0.05) is 30.3 Å². The maximum absolute atomic E-state index is 13.1. The molecule has 2 aromatic rings. The summed E-state index contributed by atoms with van der Waals surface area (Å²) in [5.74, 6) is 2.52. The third kappa shape index (κ3) is 5.07. The van der Waals surface area contributed by atoms with Crippen molar-refractivity contribution in [2.75, 3.05) is 18.4 Å². The molecule has 0 heterocycles. The number of rotatable bonds is 9. The van der Waals surface area contributed by atoms with Crippen LogP contribution < -0.4 is 16.0 Å². The fourth-order valence-electron chi connectivity index (χ4n) is 6.71. The molecule has 2 amide bonds. The summed E-state index contributed by atoms with van der Waals surface area (Å²) in [6.45, 7) is 1.97.